The third kappa shape index (κ3) is 4.36. The number of esters is 1. The van der Waals surface area contributed by atoms with E-state index in [0.717, 1.165) is 25.7 Å². The number of ether oxygens (including phenoxy) is 1. The fraction of sp³-hybridized carbons (Fsp3) is 0.389. The first-order chi connectivity index (χ1) is 13.0. The van der Waals surface area contributed by atoms with Gasteiger partial charge in [-0.15, -0.1) is 0 Å². The Morgan fingerprint density at radius 3 is 2.48 bits per heavy atom. The molecule has 0 unspecified atom stereocenters. The lowest BCUT2D eigenvalue weighted by Gasteiger charge is -2.22. The summed E-state index contributed by atoms with van der Waals surface area (Å²) in [4.78, 5) is 24.6. The number of carbonyl (C=O) groups excluding carboxylic acids is 2. The van der Waals surface area contributed by atoms with Crippen molar-refractivity contribution in [3.05, 3.63) is 33.8 Å². The fourth-order valence-electron chi connectivity index (χ4n) is 3.13. The van der Waals surface area contributed by atoms with Crippen molar-refractivity contribution < 1.29 is 18.8 Å². The molecule has 0 saturated heterocycles. The van der Waals surface area contributed by atoms with Gasteiger partial charge < -0.3 is 14.6 Å². The maximum Gasteiger partial charge on any atom is 0.345 e. The van der Waals surface area contributed by atoms with Crippen molar-refractivity contribution in [2.24, 2.45) is 0 Å². The van der Waals surface area contributed by atoms with Crippen LogP contribution < -0.4 is 10.6 Å². The van der Waals surface area contributed by atoms with E-state index in [9.17, 15) is 9.59 Å². The number of halogens is 2. The maximum absolute atomic E-state index is 12.3. The first-order valence-corrected chi connectivity index (χ1v) is 9.36. The van der Waals surface area contributed by atoms with Gasteiger partial charge in [0.2, 0.25) is 5.88 Å². The van der Waals surface area contributed by atoms with Gasteiger partial charge in [0.25, 0.3) is 0 Å². The van der Waals surface area contributed by atoms with E-state index in [4.69, 9.17) is 32.5 Å². The minimum absolute atomic E-state index is 0.0497. The van der Waals surface area contributed by atoms with Gasteiger partial charge in [-0.1, -0.05) is 53.7 Å². The topological polar surface area (TPSA) is 93.5 Å². The number of nitrogens with zero attached hydrogens (tertiary/aromatic N) is 1. The molecule has 7 nitrogen and oxygen atoms in total. The van der Waals surface area contributed by atoms with Gasteiger partial charge >= 0.3 is 12.0 Å². The quantitative estimate of drug-likeness (QED) is 0.698. The molecule has 1 aliphatic rings. The molecule has 1 heterocycles. The van der Waals surface area contributed by atoms with Gasteiger partial charge in [0.15, 0.2) is 5.56 Å². The van der Waals surface area contributed by atoms with Gasteiger partial charge in [-0.05, 0) is 25.0 Å². The van der Waals surface area contributed by atoms with E-state index in [0.29, 0.717) is 15.6 Å². The molecule has 0 bridgehead atoms. The first kappa shape index (κ1) is 19.5. The van der Waals surface area contributed by atoms with Gasteiger partial charge in [-0.3, -0.25) is 5.32 Å². The Morgan fingerprint density at radius 1 is 1.19 bits per heavy atom. The molecule has 144 valence electrons. The van der Waals surface area contributed by atoms with Crippen LogP contribution in [0.2, 0.25) is 10.0 Å². The standard InChI is InChI=1S/C18H19Cl2N3O4/c1-26-17(24)14-15(13-11(19)8-5-9-12(13)20)23-27-16(14)22-18(25)21-10-6-3-2-4-7-10/h5,8-10H,2-4,6-7H2,1H3,(H2,21,22,25). The molecule has 1 fully saturated rings. The normalized spacial score (nSPS) is 14.6. The Bertz CT molecular complexity index is 827. The van der Waals surface area contributed by atoms with E-state index in [1.54, 1.807) is 18.2 Å². The lowest BCUT2D eigenvalue weighted by Crippen LogP contribution is -2.39. The smallest absolute Gasteiger partial charge is 0.345 e. The highest BCUT2D eigenvalue weighted by atomic mass is 35.5. The van der Waals surface area contributed by atoms with Crippen LogP contribution in [0.3, 0.4) is 0 Å². The summed E-state index contributed by atoms with van der Waals surface area (Å²) >= 11 is 12.4. The van der Waals surface area contributed by atoms with Gasteiger partial charge in [0.05, 0.1) is 17.2 Å². The van der Waals surface area contributed by atoms with Crippen LogP contribution in [0.1, 0.15) is 42.5 Å². The van der Waals surface area contributed by atoms with Crippen LogP contribution in [0.15, 0.2) is 22.7 Å². The van der Waals surface area contributed by atoms with Crippen molar-refractivity contribution in [1.29, 1.82) is 0 Å². The number of rotatable bonds is 4. The number of methoxy groups -OCH3 is 1. The lowest BCUT2D eigenvalue weighted by atomic mass is 9.96. The number of nitrogens with one attached hydrogen (secondary N) is 2. The van der Waals surface area contributed by atoms with Crippen LogP contribution in [-0.2, 0) is 4.74 Å². The zero-order valence-electron chi connectivity index (χ0n) is 14.7. The summed E-state index contributed by atoms with van der Waals surface area (Å²) < 4.78 is 10.0. The molecule has 0 atom stereocenters. The summed E-state index contributed by atoms with van der Waals surface area (Å²) in [5, 5.41) is 9.89. The lowest BCUT2D eigenvalue weighted by molar-refractivity contribution is 0.0602. The second kappa shape index (κ2) is 8.63. The highest BCUT2D eigenvalue weighted by Gasteiger charge is 2.29. The highest BCUT2D eigenvalue weighted by molar-refractivity contribution is 6.39. The molecule has 0 spiro atoms. The molecule has 27 heavy (non-hydrogen) atoms. The summed E-state index contributed by atoms with van der Waals surface area (Å²) in [6, 6.07) is 4.52. The summed E-state index contributed by atoms with van der Waals surface area (Å²) in [6.45, 7) is 0. The second-order valence-corrected chi connectivity index (χ2v) is 7.07. The Hall–Kier alpha value is -2.25. The monoisotopic (exact) mass is 411 g/mol. The van der Waals surface area contributed by atoms with Crippen LogP contribution in [0, 0.1) is 0 Å². The Balaban J connectivity index is 1.89. The number of hydrogen-bond acceptors (Lipinski definition) is 5. The van der Waals surface area contributed by atoms with Gasteiger partial charge in [0, 0.05) is 11.6 Å². The molecule has 0 aliphatic heterocycles. The maximum atomic E-state index is 12.3. The van der Waals surface area contributed by atoms with Crippen LogP contribution >= 0.6 is 23.2 Å². The highest BCUT2D eigenvalue weighted by Crippen LogP contribution is 2.38. The van der Waals surface area contributed by atoms with E-state index >= 15 is 0 Å². The van der Waals surface area contributed by atoms with Crippen molar-refractivity contribution in [2.45, 2.75) is 38.1 Å². The molecule has 0 radical (unpaired) electrons. The predicted octanol–water partition coefficient (Wildman–Crippen LogP) is 4.89. The zero-order valence-corrected chi connectivity index (χ0v) is 16.2. The molecular formula is C18H19Cl2N3O4. The Labute approximate surface area is 166 Å². The number of amides is 2. The predicted molar refractivity (Wildman–Crippen MR) is 102 cm³/mol. The van der Waals surface area contributed by atoms with Crippen LogP contribution in [0.4, 0.5) is 10.7 Å². The van der Waals surface area contributed by atoms with Crippen LogP contribution in [0.25, 0.3) is 11.3 Å². The van der Waals surface area contributed by atoms with Crippen molar-refractivity contribution in [3.8, 4) is 11.3 Å². The minimum atomic E-state index is -0.727. The van der Waals surface area contributed by atoms with Gasteiger partial charge in [0.1, 0.15) is 5.69 Å². The Kier molecular flexibility index (Phi) is 6.23. The second-order valence-electron chi connectivity index (χ2n) is 6.26. The van der Waals surface area contributed by atoms with E-state index in [-0.39, 0.29) is 23.2 Å². The molecule has 1 aromatic carbocycles. The molecule has 2 N–H and O–H groups in total. The van der Waals surface area contributed by atoms with E-state index in [2.05, 4.69) is 15.8 Å². The average Bonchev–Trinajstić information content (AvgIpc) is 3.04. The molecule has 1 aromatic heterocycles. The van der Waals surface area contributed by atoms with E-state index in [1.165, 1.54) is 13.5 Å². The number of anilines is 1. The number of benzene rings is 1. The van der Waals surface area contributed by atoms with Gasteiger partial charge in [-0.2, -0.15) is 0 Å². The van der Waals surface area contributed by atoms with Crippen LogP contribution in [0.5, 0.6) is 0 Å². The van der Waals surface area contributed by atoms with Crippen LogP contribution in [-0.4, -0.2) is 30.3 Å². The number of aromatic nitrogens is 1. The molecule has 2 amide bonds. The third-order valence-electron chi connectivity index (χ3n) is 4.45. The summed E-state index contributed by atoms with van der Waals surface area (Å²) in [5.74, 6) is -0.851. The zero-order chi connectivity index (χ0) is 19.4. The Morgan fingerprint density at radius 2 is 1.85 bits per heavy atom. The molecule has 1 aliphatic carbocycles. The molecule has 9 heteroatoms. The third-order valence-corrected chi connectivity index (χ3v) is 5.08. The SMILES string of the molecule is COC(=O)c1c(-c2c(Cl)cccc2Cl)noc1NC(=O)NC1CCCCC1. The average molecular weight is 412 g/mol. The molecule has 3 rings (SSSR count). The summed E-state index contributed by atoms with van der Waals surface area (Å²) in [5.41, 5.74) is 0.377. The van der Waals surface area contributed by atoms with Crippen molar-refractivity contribution >= 4 is 41.1 Å². The number of carbonyl (C=O) groups is 2. The van der Waals surface area contributed by atoms with Gasteiger partial charge in [-0.25, -0.2) is 9.59 Å². The fourth-order valence-corrected chi connectivity index (χ4v) is 3.71. The number of hydrogen-bond donors (Lipinski definition) is 2. The molecule has 2 aromatic rings. The molecule has 1 saturated carbocycles. The summed E-state index contributed by atoms with van der Waals surface area (Å²) in [7, 11) is 1.22. The van der Waals surface area contributed by atoms with Crippen molar-refractivity contribution in [1.82, 2.24) is 10.5 Å². The van der Waals surface area contributed by atoms with Crippen molar-refractivity contribution in [2.75, 3.05) is 12.4 Å². The first-order valence-electron chi connectivity index (χ1n) is 8.61. The van der Waals surface area contributed by atoms with Crippen molar-refractivity contribution in [3.63, 3.8) is 0 Å². The molecular weight excluding hydrogens is 393 g/mol. The number of urea groups is 1. The van der Waals surface area contributed by atoms with E-state index < -0.39 is 12.0 Å². The minimum Gasteiger partial charge on any atom is -0.465 e. The van der Waals surface area contributed by atoms with E-state index in [1.807, 2.05) is 0 Å². The summed E-state index contributed by atoms with van der Waals surface area (Å²) in [6.07, 6.45) is 5.18. The largest absolute Gasteiger partial charge is 0.465 e.